The van der Waals surface area contributed by atoms with Crippen molar-refractivity contribution in [3.05, 3.63) is 59.7 Å². The molecule has 0 aliphatic carbocycles. The molecule has 22 heavy (non-hydrogen) atoms. The summed E-state index contributed by atoms with van der Waals surface area (Å²) in [5.41, 5.74) is 3.06. The summed E-state index contributed by atoms with van der Waals surface area (Å²) in [6, 6.07) is 18.0. The number of likely N-dealkylation sites (tertiary alicyclic amines) is 1. The summed E-state index contributed by atoms with van der Waals surface area (Å²) >= 11 is 1.93. The molecule has 0 bridgehead atoms. The zero-order valence-electron chi connectivity index (χ0n) is 13.0. The molecule has 0 N–H and O–H groups in total. The van der Waals surface area contributed by atoms with Gasteiger partial charge in [-0.1, -0.05) is 54.6 Å². The molecule has 2 heterocycles. The van der Waals surface area contributed by atoms with E-state index in [1.165, 1.54) is 66.2 Å². The quantitative estimate of drug-likeness (QED) is 0.770. The number of nitrogens with zero attached hydrogens (tertiary/aromatic N) is 1. The highest BCUT2D eigenvalue weighted by Gasteiger charge is 2.26. The van der Waals surface area contributed by atoms with Gasteiger partial charge in [0.05, 0.1) is 0 Å². The molecule has 0 aromatic heterocycles. The Morgan fingerprint density at radius 3 is 2.05 bits per heavy atom. The van der Waals surface area contributed by atoms with Crippen LogP contribution in [0.15, 0.2) is 58.3 Å². The van der Waals surface area contributed by atoms with Gasteiger partial charge in [0, 0.05) is 15.7 Å². The molecule has 1 saturated heterocycles. The van der Waals surface area contributed by atoms with Gasteiger partial charge in [-0.15, -0.1) is 0 Å². The number of hydrogen-bond acceptors (Lipinski definition) is 2. The minimum atomic E-state index is 0.565. The van der Waals surface area contributed by atoms with E-state index in [-0.39, 0.29) is 0 Å². The summed E-state index contributed by atoms with van der Waals surface area (Å²) in [5, 5.41) is 0. The van der Waals surface area contributed by atoms with Crippen molar-refractivity contribution in [3.63, 3.8) is 0 Å². The summed E-state index contributed by atoms with van der Waals surface area (Å²) in [6.45, 7) is 3.83. The van der Waals surface area contributed by atoms with Gasteiger partial charge in [0.15, 0.2) is 0 Å². The predicted molar refractivity (Wildman–Crippen MR) is 93.8 cm³/mol. The Balaban J connectivity index is 1.60. The van der Waals surface area contributed by atoms with E-state index in [9.17, 15) is 0 Å². The first-order chi connectivity index (χ1) is 10.9. The van der Waals surface area contributed by atoms with Gasteiger partial charge in [0.25, 0.3) is 0 Å². The number of piperidine rings is 1. The van der Waals surface area contributed by atoms with Crippen LogP contribution in [0, 0.1) is 0 Å². The molecule has 0 saturated carbocycles. The van der Waals surface area contributed by atoms with Crippen LogP contribution in [0.3, 0.4) is 0 Å². The Bertz CT molecular complexity index is 600. The first-order valence-corrected chi connectivity index (χ1v) is 9.31. The molecule has 2 aliphatic heterocycles. The normalized spacial score (nSPS) is 18.7. The molecule has 0 spiro atoms. The molecule has 0 atom stereocenters. The Morgan fingerprint density at radius 1 is 0.818 bits per heavy atom. The molecule has 2 aromatic carbocycles. The Morgan fingerprint density at radius 2 is 1.41 bits per heavy atom. The van der Waals surface area contributed by atoms with Crippen molar-refractivity contribution in [3.8, 4) is 0 Å². The molecule has 4 rings (SSSR count). The summed E-state index contributed by atoms with van der Waals surface area (Å²) in [4.78, 5) is 5.56. The Hall–Kier alpha value is -1.25. The molecule has 1 fully saturated rings. The third kappa shape index (κ3) is 2.82. The van der Waals surface area contributed by atoms with Crippen LogP contribution < -0.4 is 0 Å². The van der Waals surface area contributed by atoms with Gasteiger partial charge >= 0.3 is 0 Å². The van der Waals surface area contributed by atoms with E-state index in [2.05, 4.69) is 53.4 Å². The van der Waals surface area contributed by atoms with Crippen LogP contribution in [0.1, 0.15) is 42.7 Å². The fourth-order valence-corrected chi connectivity index (χ4v) is 5.00. The van der Waals surface area contributed by atoms with E-state index < -0.39 is 0 Å². The minimum Gasteiger partial charge on any atom is -0.303 e. The van der Waals surface area contributed by atoms with E-state index in [1.807, 2.05) is 11.8 Å². The van der Waals surface area contributed by atoms with Gasteiger partial charge in [-0.05, 0) is 62.2 Å². The third-order valence-corrected chi connectivity index (χ3v) is 6.17. The van der Waals surface area contributed by atoms with Crippen molar-refractivity contribution in [2.24, 2.45) is 0 Å². The molecule has 1 nitrogen and oxygen atoms in total. The van der Waals surface area contributed by atoms with Crippen molar-refractivity contribution >= 4 is 11.8 Å². The van der Waals surface area contributed by atoms with Crippen LogP contribution in [-0.2, 0) is 0 Å². The maximum absolute atomic E-state index is 2.66. The molecular formula is C20H23NS. The number of fused-ring (bicyclic) bond motifs is 2. The van der Waals surface area contributed by atoms with Gasteiger partial charge in [0.2, 0.25) is 0 Å². The lowest BCUT2D eigenvalue weighted by Crippen LogP contribution is -2.31. The highest BCUT2D eigenvalue weighted by molar-refractivity contribution is 7.99. The predicted octanol–water partition coefficient (Wildman–Crippen LogP) is 5.16. The highest BCUT2D eigenvalue weighted by atomic mass is 32.2. The van der Waals surface area contributed by atoms with Crippen LogP contribution in [0.5, 0.6) is 0 Å². The van der Waals surface area contributed by atoms with Gasteiger partial charge in [0.1, 0.15) is 0 Å². The lowest BCUT2D eigenvalue weighted by Gasteiger charge is -2.31. The van der Waals surface area contributed by atoms with Gasteiger partial charge < -0.3 is 4.90 Å². The second-order valence-corrected chi connectivity index (χ2v) is 7.51. The topological polar surface area (TPSA) is 3.24 Å². The summed E-state index contributed by atoms with van der Waals surface area (Å²) in [7, 11) is 0. The van der Waals surface area contributed by atoms with Gasteiger partial charge in [-0.3, -0.25) is 0 Å². The summed E-state index contributed by atoms with van der Waals surface area (Å²) in [6.07, 6.45) is 5.43. The van der Waals surface area contributed by atoms with Crippen LogP contribution in [0.4, 0.5) is 0 Å². The van der Waals surface area contributed by atoms with Crippen LogP contribution in [0.25, 0.3) is 0 Å². The largest absolute Gasteiger partial charge is 0.303 e. The monoisotopic (exact) mass is 309 g/mol. The molecule has 0 unspecified atom stereocenters. The Labute approximate surface area is 137 Å². The smallest absolute Gasteiger partial charge is 0.0160 e. The van der Waals surface area contributed by atoms with Crippen molar-refractivity contribution in [1.82, 2.24) is 4.90 Å². The first-order valence-electron chi connectivity index (χ1n) is 8.50. The van der Waals surface area contributed by atoms with E-state index in [1.54, 1.807) is 0 Å². The molecule has 2 heteroatoms. The SMILES string of the molecule is c1ccc2c(c1)Sc1ccccc1C2CCN1CCCCC1. The first kappa shape index (κ1) is 14.3. The van der Waals surface area contributed by atoms with E-state index >= 15 is 0 Å². The standard InChI is InChI=1S/C20H23NS/c1-6-13-21(14-7-1)15-12-16-17-8-2-4-10-19(17)22-20-11-5-3-9-18(16)20/h2-5,8-11,16H,1,6-7,12-15H2. The zero-order chi connectivity index (χ0) is 14.8. The summed E-state index contributed by atoms with van der Waals surface area (Å²) < 4.78 is 0. The molecule has 2 aliphatic rings. The lowest BCUT2D eigenvalue weighted by atomic mass is 9.87. The van der Waals surface area contributed by atoms with Crippen molar-refractivity contribution in [1.29, 1.82) is 0 Å². The molecular weight excluding hydrogens is 286 g/mol. The lowest BCUT2D eigenvalue weighted by molar-refractivity contribution is 0.223. The molecule has 0 radical (unpaired) electrons. The zero-order valence-corrected chi connectivity index (χ0v) is 13.8. The third-order valence-electron chi connectivity index (χ3n) is 4.99. The number of hydrogen-bond donors (Lipinski definition) is 0. The second kappa shape index (κ2) is 6.47. The maximum atomic E-state index is 2.66. The second-order valence-electron chi connectivity index (χ2n) is 6.42. The van der Waals surface area contributed by atoms with Crippen LogP contribution in [-0.4, -0.2) is 24.5 Å². The Kier molecular flexibility index (Phi) is 4.22. The average molecular weight is 309 g/mol. The molecule has 2 aromatic rings. The molecule has 0 amide bonds. The fraction of sp³-hybridized carbons (Fsp3) is 0.400. The van der Waals surface area contributed by atoms with Crippen molar-refractivity contribution < 1.29 is 0 Å². The maximum Gasteiger partial charge on any atom is 0.0160 e. The van der Waals surface area contributed by atoms with E-state index in [4.69, 9.17) is 0 Å². The van der Waals surface area contributed by atoms with E-state index in [0.29, 0.717) is 5.92 Å². The average Bonchev–Trinajstić information content (AvgIpc) is 2.59. The summed E-state index contributed by atoms with van der Waals surface area (Å²) in [5.74, 6) is 0.565. The fourth-order valence-electron chi connectivity index (χ4n) is 3.81. The van der Waals surface area contributed by atoms with Crippen LogP contribution in [0.2, 0.25) is 0 Å². The molecule has 114 valence electrons. The minimum absolute atomic E-state index is 0.565. The number of rotatable bonds is 3. The van der Waals surface area contributed by atoms with Crippen molar-refractivity contribution in [2.75, 3.05) is 19.6 Å². The van der Waals surface area contributed by atoms with Crippen LogP contribution >= 0.6 is 11.8 Å². The van der Waals surface area contributed by atoms with Crippen molar-refractivity contribution in [2.45, 2.75) is 41.4 Å². The highest BCUT2D eigenvalue weighted by Crippen LogP contribution is 2.46. The van der Waals surface area contributed by atoms with E-state index in [0.717, 1.165) is 0 Å². The van der Waals surface area contributed by atoms with Gasteiger partial charge in [-0.25, -0.2) is 0 Å². The number of benzene rings is 2. The van der Waals surface area contributed by atoms with Gasteiger partial charge in [-0.2, -0.15) is 0 Å².